The molecule has 2 N–H and O–H groups in total. The molecule has 0 spiro atoms. The first-order valence-corrected chi connectivity index (χ1v) is 9.93. The maximum atomic E-state index is 3.48. The van der Waals surface area contributed by atoms with Gasteiger partial charge in [0.15, 0.2) is 0 Å². The van der Waals surface area contributed by atoms with Crippen molar-refractivity contribution in [1.29, 1.82) is 0 Å². The van der Waals surface area contributed by atoms with Crippen LogP contribution < -0.4 is 0 Å². The zero-order valence-corrected chi connectivity index (χ0v) is 17.1. The summed E-state index contributed by atoms with van der Waals surface area (Å²) in [7, 11) is 0. The number of fused-ring (bicyclic) bond motifs is 2. The van der Waals surface area contributed by atoms with Crippen molar-refractivity contribution >= 4 is 27.9 Å². The summed E-state index contributed by atoms with van der Waals surface area (Å²) in [6.45, 7) is 8.84. The van der Waals surface area contributed by atoms with Gasteiger partial charge in [0.2, 0.25) is 0 Å². The molecule has 0 aliphatic rings. The Bertz CT molecular complexity index is 1180. The number of allylic oxidation sites excluding steroid dienone is 3. The van der Waals surface area contributed by atoms with Crippen molar-refractivity contribution in [1.82, 2.24) is 9.97 Å². The zero-order valence-electron chi connectivity index (χ0n) is 17.1. The number of aromatic nitrogens is 2. The van der Waals surface area contributed by atoms with E-state index in [9.17, 15) is 0 Å². The van der Waals surface area contributed by atoms with E-state index in [1.165, 1.54) is 44.1 Å². The van der Waals surface area contributed by atoms with E-state index in [1.54, 1.807) is 0 Å². The Hall–Kier alpha value is -3.00. The molecule has 0 aliphatic carbocycles. The molecule has 28 heavy (non-hydrogen) atoms. The zero-order chi connectivity index (χ0) is 19.7. The van der Waals surface area contributed by atoms with Gasteiger partial charge in [-0.2, -0.15) is 0 Å². The van der Waals surface area contributed by atoms with E-state index in [-0.39, 0.29) is 5.41 Å². The number of hydrogen-bond donors (Lipinski definition) is 2. The standard InChI is InChI=1S/C26H28N2/c1-18(2)5-6-19-8-10-22-23(17-28-25(22)16-19)26(3,4)13-11-20-7-9-21-12-14-27-24(21)15-20/h5,7-17,27-28H,6H2,1-4H3/b13-11+. The van der Waals surface area contributed by atoms with Gasteiger partial charge in [-0.1, -0.05) is 61.9 Å². The minimum atomic E-state index is -0.0651. The fourth-order valence-corrected chi connectivity index (χ4v) is 3.72. The number of nitrogens with one attached hydrogen (secondary N) is 2. The van der Waals surface area contributed by atoms with Crippen LogP contribution >= 0.6 is 0 Å². The van der Waals surface area contributed by atoms with Gasteiger partial charge in [0, 0.05) is 34.2 Å². The number of aromatic amines is 2. The normalized spacial score (nSPS) is 12.3. The SMILES string of the molecule is CC(C)=CCc1ccc2c(C(C)(C)/C=C/c3ccc4cc[nH]c4c3)c[nH]c2c1. The van der Waals surface area contributed by atoms with E-state index in [0.29, 0.717) is 0 Å². The highest BCUT2D eigenvalue weighted by Crippen LogP contribution is 2.33. The Kier molecular flexibility index (Phi) is 4.72. The highest BCUT2D eigenvalue weighted by Gasteiger charge is 2.21. The van der Waals surface area contributed by atoms with E-state index < -0.39 is 0 Å². The number of H-pyrrole nitrogens is 2. The lowest BCUT2D eigenvalue weighted by molar-refractivity contribution is 0.680. The van der Waals surface area contributed by atoms with Gasteiger partial charge in [-0.3, -0.25) is 0 Å². The van der Waals surface area contributed by atoms with Crippen LogP contribution in [0, 0.1) is 0 Å². The average molecular weight is 369 g/mol. The molecule has 0 saturated heterocycles. The molecule has 142 valence electrons. The maximum absolute atomic E-state index is 3.48. The van der Waals surface area contributed by atoms with Crippen LogP contribution in [0.5, 0.6) is 0 Å². The van der Waals surface area contributed by atoms with E-state index in [0.717, 1.165) is 6.42 Å². The third kappa shape index (κ3) is 3.68. The predicted molar refractivity (Wildman–Crippen MR) is 122 cm³/mol. The highest BCUT2D eigenvalue weighted by atomic mass is 14.7. The second-order valence-electron chi connectivity index (χ2n) is 8.45. The number of benzene rings is 2. The van der Waals surface area contributed by atoms with Crippen LogP contribution in [0.15, 0.2) is 72.6 Å². The van der Waals surface area contributed by atoms with E-state index in [2.05, 4.69) is 105 Å². The summed E-state index contributed by atoms with van der Waals surface area (Å²) in [6.07, 6.45) is 11.9. The molecular formula is C26H28N2. The molecule has 0 bridgehead atoms. The van der Waals surface area contributed by atoms with Gasteiger partial charge in [0.25, 0.3) is 0 Å². The Balaban J connectivity index is 1.62. The van der Waals surface area contributed by atoms with Gasteiger partial charge >= 0.3 is 0 Å². The van der Waals surface area contributed by atoms with Crippen molar-refractivity contribution in [2.75, 3.05) is 0 Å². The Morgan fingerprint density at radius 3 is 2.64 bits per heavy atom. The lowest BCUT2D eigenvalue weighted by atomic mass is 9.83. The number of hydrogen-bond acceptors (Lipinski definition) is 0. The van der Waals surface area contributed by atoms with Gasteiger partial charge in [-0.25, -0.2) is 0 Å². The van der Waals surface area contributed by atoms with Crippen molar-refractivity contribution < 1.29 is 0 Å². The molecular weight excluding hydrogens is 340 g/mol. The van der Waals surface area contributed by atoms with Crippen LogP contribution in [0.25, 0.3) is 27.9 Å². The van der Waals surface area contributed by atoms with Gasteiger partial charge in [0.05, 0.1) is 0 Å². The number of rotatable bonds is 5. The molecule has 0 atom stereocenters. The van der Waals surface area contributed by atoms with Crippen LogP contribution in [-0.2, 0) is 11.8 Å². The predicted octanol–water partition coefficient (Wildman–Crippen LogP) is 7.15. The van der Waals surface area contributed by atoms with Crippen molar-refractivity contribution in [2.24, 2.45) is 0 Å². The van der Waals surface area contributed by atoms with Gasteiger partial charge in [-0.15, -0.1) is 0 Å². The summed E-state index contributed by atoms with van der Waals surface area (Å²) < 4.78 is 0. The smallest absolute Gasteiger partial charge is 0.0460 e. The van der Waals surface area contributed by atoms with Crippen LogP contribution in [0.3, 0.4) is 0 Å². The quantitative estimate of drug-likeness (QED) is 0.351. The first-order chi connectivity index (χ1) is 13.4. The lowest BCUT2D eigenvalue weighted by Crippen LogP contribution is -2.12. The largest absolute Gasteiger partial charge is 0.361 e. The highest BCUT2D eigenvalue weighted by molar-refractivity contribution is 5.86. The molecule has 0 amide bonds. The lowest BCUT2D eigenvalue weighted by Gasteiger charge is -2.20. The second kappa shape index (κ2) is 7.20. The first kappa shape index (κ1) is 18.4. The Labute approximate surface area is 167 Å². The summed E-state index contributed by atoms with van der Waals surface area (Å²) in [5.74, 6) is 0. The average Bonchev–Trinajstić information content (AvgIpc) is 3.30. The minimum Gasteiger partial charge on any atom is -0.361 e. The molecule has 0 unspecified atom stereocenters. The summed E-state index contributed by atoms with van der Waals surface area (Å²) in [5.41, 5.74) is 7.57. The fraction of sp³-hybridized carbons (Fsp3) is 0.231. The summed E-state index contributed by atoms with van der Waals surface area (Å²) in [5, 5.41) is 2.55. The minimum absolute atomic E-state index is 0.0651. The van der Waals surface area contributed by atoms with E-state index >= 15 is 0 Å². The third-order valence-corrected chi connectivity index (χ3v) is 5.46. The molecule has 2 aromatic heterocycles. The van der Waals surface area contributed by atoms with Crippen molar-refractivity contribution in [3.63, 3.8) is 0 Å². The van der Waals surface area contributed by atoms with Crippen molar-refractivity contribution in [3.05, 3.63) is 89.3 Å². The molecule has 0 fully saturated rings. The van der Waals surface area contributed by atoms with Crippen molar-refractivity contribution in [3.8, 4) is 0 Å². The van der Waals surface area contributed by atoms with Gasteiger partial charge in [0.1, 0.15) is 0 Å². The molecule has 0 radical (unpaired) electrons. The van der Waals surface area contributed by atoms with Crippen LogP contribution in [0.2, 0.25) is 0 Å². The van der Waals surface area contributed by atoms with Gasteiger partial charge < -0.3 is 9.97 Å². The van der Waals surface area contributed by atoms with E-state index in [1.807, 2.05) is 6.20 Å². The molecule has 2 heterocycles. The van der Waals surface area contributed by atoms with Gasteiger partial charge in [-0.05, 0) is 60.5 Å². The molecule has 0 aliphatic heterocycles. The molecule has 4 aromatic rings. The molecule has 2 heteroatoms. The van der Waals surface area contributed by atoms with Crippen molar-refractivity contribution in [2.45, 2.75) is 39.5 Å². The van der Waals surface area contributed by atoms with Crippen LogP contribution in [0.4, 0.5) is 0 Å². The summed E-state index contributed by atoms with van der Waals surface area (Å²) in [6, 6.07) is 15.4. The fourth-order valence-electron chi connectivity index (χ4n) is 3.72. The Morgan fingerprint density at radius 2 is 1.82 bits per heavy atom. The van der Waals surface area contributed by atoms with E-state index in [4.69, 9.17) is 0 Å². The van der Waals surface area contributed by atoms with Crippen LogP contribution in [0.1, 0.15) is 44.4 Å². The monoisotopic (exact) mass is 368 g/mol. The molecule has 2 nitrogen and oxygen atoms in total. The second-order valence-corrected chi connectivity index (χ2v) is 8.45. The first-order valence-electron chi connectivity index (χ1n) is 9.93. The molecule has 4 rings (SSSR count). The molecule has 2 aromatic carbocycles. The topological polar surface area (TPSA) is 31.6 Å². The molecule has 0 saturated carbocycles. The summed E-state index contributed by atoms with van der Waals surface area (Å²) in [4.78, 5) is 6.77. The summed E-state index contributed by atoms with van der Waals surface area (Å²) >= 11 is 0. The maximum Gasteiger partial charge on any atom is 0.0460 e. The Morgan fingerprint density at radius 1 is 0.964 bits per heavy atom. The third-order valence-electron chi connectivity index (χ3n) is 5.46. The van der Waals surface area contributed by atoms with Crippen LogP contribution in [-0.4, -0.2) is 9.97 Å².